The summed E-state index contributed by atoms with van der Waals surface area (Å²) in [6.45, 7) is 4.56. The zero-order chi connectivity index (χ0) is 15.4. The van der Waals surface area contributed by atoms with Gasteiger partial charge in [-0.05, 0) is 5.39 Å². The number of hydrogen-bond acceptors (Lipinski definition) is 0. The van der Waals surface area contributed by atoms with Crippen LogP contribution in [-0.2, 0) is 32.3 Å². The molecule has 0 spiro atoms. The van der Waals surface area contributed by atoms with Crippen LogP contribution in [0.2, 0.25) is 0 Å². The van der Waals surface area contributed by atoms with Crippen molar-refractivity contribution in [3.63, 3.8) is 0 Å². The SMILES string of the molecule is CCC(C)C1=[C-]Cc2ccc3ccccc3c21.[CH3-].[CH3-].[CH3-].[CH3-].[CH3-].[CH3-].[CH3-].[Hf].c1cc[cH-]c1. The Bertz CT molecular complexity index is 749. The van der Waals surface area contributed by atoms with E-state index in [1.165, 1.54) is 33.9 Å². The van der Waals surface area contributed by atoms with Crippen LogP contribution < -0.4 is 0 Å². The maximum Gasteiger partial charge on any atom is 0 e. The van der Waals surface area contributed by atoms with Crippen molar-refractivity contribution >= 4 is 16.3 Å². The van der Waals surface area contributed by atoms with Crippen molar-refractivity contribution in [2.45, 2.75) is 26.7 Å². The van der Waals surface area contributed by atoms with E-state index in [9.17, 15) is 0 Å². The fourth-order valence-corrected chi connectivity index (χ4v) is 3.01. The van der Waals surface area contributed by atoms with Crippen LogP contribution in [-0.4, -0.2) is 0 Å². The van der Waals surface area contributed by atoms with E-state index < -0.39 is 0 Å². The second kappa shape index (κ2) is 20.9. The largest absolute Gasteiger partial charge is 0.358 e. The van der Waals surface area contributed by atoms with Gasteiger partial charge in [0.05, 0.1) is 0 Å². The maximum absolute atomic E-state index is 3.58. The molecular weight excluding hydrogens is 527 g/mol. The van der Waals surface area contributed by atoms with Crippen molar-refractivity contribution in [1.29, 1.82) is 0 Å². The summed E-state index contributed by atoms with van der Waals surface area (Å²) in [5.74, 6) is 0.613. The van der Waals surface area contributed by atoms with Gasteiger partial charge in [-0.2, -0.15) is 23.8 Å². The fraction of sp³-hybridized carbons (Fsp3) is 0.172. The Morgan fingerprint density at radius 1 is 0.833 bits per heavy atom. The molecule has 1 heteroatoms. The second-order valence-electron chi connectivity index (χ2n) is 5.86. The minimum absolute atomic E-state index is 0. The van der Waals surface area contributed by atoms with E-state index in [-0.39, 0.29) is 77.8 Å². The van der Waals surface area contributed by atoms with Gasteiger partial charge in [0.2, 0.25) is 0 Å². The Labute approximate surface area is 210 Å². The molecular formula is C29H43Hf-9. The van der Waals surface area contributed by atoms with Crippen LogP contribution in [0.25, 0.3) is 16.3 Å². The van der Waals surface area contributed by atoms with Gasteiger partial charge in [-0.3, -0.25) is 6.08 Å². The quantitative estimate of drug-likeness (QED) is 0.213. The molecule has 1 aliphatic carbocycles. The minimum atomic E-state index is 0. The Balaban J connectivity index is -0.0000000997. The monoisotopic (exact) mass is 571 g/mol. The molecule has 0 amide bonds. The third-order valence-electron chi connectivity index (χ3n) is 4.41. The number of fused-ring (bicyclic) bond motifs is 3. The molecule has 3 aromatic carbocycles. The van der Waals surface area contributed by atoms with Crippen molar-refractivity contribution in [2.24, 2.45) is 5.92 Å². The average molecular weight is 570 g/mol. The molecule has 1 aliphatic rings. The molecule has 0 bridgehead atoms. The topological polar surface area (TPSA) is 0 Å². The molecule has 4 rings (SSSR count). The molecule has 0 radical (unpaired) electrons. The molecule has 0 heterocycles. The fourth-order valence-electron chi connectivity index (χ4n) is 3.01. The summed E-state index contributed by atoms with van der Waals surface area (Å²) in [4.78, 5) is 0. The van der Waals surface area contributed by atoms with Crippen LogP contribution in [0.3, 0.4) is 0 Å². The van der Waals surface area contributed by atoms with Gasteiger partial charge in [0, 0.05) is 25.8 Å². The van der Waals surface area contributed by atoms with E-state index >= 15 is 0 Å². The summed E-state index contributed by atoms with van der Waals surface area (Å²) in [6, 6.07) is 23.2. The van der Waals surface area contributed by atoms with Crippen molar-refractivity contribution in [1.82, 2.24) is 0 Å². The molecule has 3 aromatic rings. The first-order chi connectivity index (χ1) is 10.8. The van der Waals surface area contributed by atoms with E-state index in [0.29, 0.717) is 5.92 Å². The predicted octanol–water partition coefficient (Wildman–Crippen LogP) is 9.18. The van der Waals surface area contributed by atoms with Crippen LogP contribution >= 0.6 is 0 Å². The van der Waals surface area contributed by atoms with Gasteiger partial charge in [0.25, 0.3) is 0 Å². The van der Waals surface area contributed by atoms with Gasteiger partial charge in [-0.15, -0.1) is 12.0 Å². The molecule has 0 N–H and O–H groups in total. The first kappa shape index (κ1) is 42.7. The normalized spacial score (nSPS) is 10.3. The van der Waals surface area contributed by atoms with Gasteiger partial charge >= 0.3 is 0 Å². The van der Waals surface area contributed by atoms with E-state index in [1.54, 1.807) is 0 Å². The van der Waals surface area contributed by atoms with E-state index in [4.69, 9.17) is 0 Å². The smallest absolute Gasteiger partial charge is 0 e. The Morgan fingerprint density at radius 2 is 1.40 bits per heavy atom. The molecule has 30 heavy (non-hydrogen) atoms. The van der Waals surface area contributed by atoms with Gasteiger partial charge in [0.1, 0.15) is 0 Å². The zero-order valence-corrected chi connectivity index (χ0v) is 24.4. The minimum Gasteiger partial charge on any atom is -0.358 e. The van der Waals surface area contributed by atoms with E-state index in [2.05, 4.69) is 56.3 Å². The number of benzene rings is 2. The molecule has 0 aromatic heterocycles. The van der Waals surface area contributed by atoms with Crippen LogP contribution in [0.4, 0.5) is 0 Å². The molecule has 0 fully saturated rings. The van der Waals surface area contributed by atoms with Crippen molar-refractivity contribution in [3.8, 4) is 0 Å². The van der Waals surface area contributed by atoms with Gasteiger partial charge in [0.15, 0.2) is 0 Å². The number of allylic oxidation sites excluding steroid dienone is 2. The molecule has 0 saturated heterocycles. The Hall–Kier alpha value is -1.34. The first-order valence-corrected chi connectivity index (χ1v) is 8.09. The van der Waals surface area contributed by atoms with Crippen LogP contribution in [0.5, 0.6) is 0 Å². The molecule has 172 valence electrons. The van der Waals surface area contributed by atoms with Crippen LogP contribution in [0.1, 0.15) is 31.4 Å². The molecule has 1 unspecified atom stereocenters. The van der Waals surface area contributed by atoms with Gasteiger partial charge in [-0.25, -0.2) is 17.7 Å². The standard InChI is InChI=1S/C17H17.C5H5.7CH3.Hf/c1-3-12(2)15-11-10-14-9-8-13-6-4-5-7-16(13)17(14)15;1-2-4-5-3-1;;;;;;;;/h4-9,12H,3,10H2,1-2H3;1-5H;7*1H3;/q9*-1;. The molecule has 0 saturated carbocycles. The summed E-state index contributed by atoms with van der Waals surface area (Å²) in [6.07, 6.45) is 5.75. The van der Waals surface area contributed by atoms with Crippen molar-refractivity contribution in [2.75, 3.05) is 0 Å². The number of hydrogen-bond donors (Lipinski definition) is 0. The van der Waals surface area contributed by atoms with Gasteiger partial charge in [-0.1, -0.05) is 68.0 Å². The third-order valence-corrected chi connectivity index (χ3v) is 4.41. The molecule has 0 nitrogen and oxygen atoms in total. The first-order valence-electron chi connectivity index (χ1n) is 8.09. The average Bonchev–Trinajstić information content (AvgIpc) is 3.26. The van der Waals surface area contributed by atoms with Crippen LogP contribution in [0.15, 0.2) is 66.7 Å². The van der Waals surface area contributed by atoms with Crippen molar-refractivity contribution < 1.29 is 25.8 Å². The van der Waals surface area contributed by atoms with Crippen molar-refractivity contribution in [3.05, 3.63) is 136 Å². The van der Waals surface area contributed by atoms with E-state index in [0.717, 1.165) is 6.42 Å². The van der Waals surface area contributed by atoms with E-state index in [1.807, 2.05) is 30.3 Å². The predicted molar refractivity (Wildman–Crippen MR) is 141 cm³/mol. The maximum atomic E-state index is 3.58. The second-order valence-corrected chi connectivity index (χ2v) is 5.86. The number of rotatable bonds is 2. The summed E-state index contributed by atoms with van der Waals surface area (Å²) in [5, 5.41) is 2.74. The van der Waals surface area contributed by atoms with Crippen LogP contribution in [0, 0.1) is 64.0 Å². The summed E-state index contributed by atoms with van der Waals surface area (Å²) < 4.78 is 0. The Kier molecular flexibility index (Phi) is 29.8. The summed E-state index contributed by atoms with van der Waals surface area (Å²) in [5.41, 5.74) is 4.33. The summed E-state index contributed by atoms with van der Waals surface area (Å²) in [7, 11) is 0. The van der Waals surface area contributed by atoms with Gasteiger partial charge < -0.3 is 52.0 Å². The Morgan fingerprint density at radius 3 is 1.90 bits per heavy atom. The molecule has 1 atom stereocenters. The zero-order valence-electron chi connectivity index (χ0n) is 20.8. The molecule has 0 aliphatic heterocycles. The third kappa shape index (κ3) is 9.65. The summed E-state index contributed by atoms with van der Waals surface area (Å²) >= 11 is 0.